The molecule has 0 spiro atoms. The summed E-state index contributed by atoms with van der Waals surface area (Å²) in [5.74, 6) is -0.598. The average molecular weight is 567 g/mol. The van der Waals surface area contributed by atoms with Crippen LogP contribution in [-0.4, -0.2) is 30.6 Å². The minimum absolute atomic E-state index is 0.0482. The van der Waals surface area contributed by atoms with Gasteiger partial charge in [0.1, 0.15) is 22.8 Å². The molecule has 2 aromatic heterocycles. The first kappa shape index (κ1) is 24.0. The molecule has 1 atom stereocenters. The fraction of sp³-hybridized carbons (Fsp3) is 0.154. The van der Waals surface area contributed by atoms with Crippen LogP contribution in [0.15, 0.2) is 68.8 Å². The Morgan fingerprint density at radius 3 is 2.83 bits per heavy atom. The Bertz CT molecular complexity index is 1610. The molecule has 36 heavy (non-hydrogen) atoms. The molecule has 0 fully saturated rings. The summed E-state index contributed by atoms with van der Waals surface area (Å²) in [6.07, 6.45) is 1.47. The topological polar surface area (TPSA) is 98.9 Å². The number of ether oxygens (including phenoxy) is 2. The first-order chi connectivity index (χ1) is 17.3. The van der Waals surface area contributed by atoms with Crippen LogP contribution in [0.1, 0.15) is 43.1 Å². The highest BCUT2D eigenvalue weighted by Gasteiger charge is 2.45. The van der Waals surface area contributed by atoms with Gasteiger partial charge in [0.25, 0.3) is 5.91 Å². The van der Waals surface area contributed by atoms with Crippen LogP contribution in [0.3, 0.4) is 0 Å². The second-order valence-electron chi connectivity index (χ2n) is 7.97. The molecule has 0 saturated carbocycles. The van der Waals surface area contributed by atoms with Crippen molar-refractivity contribution >= 4 is 55.2 Å². The Labute approximate surface area is 217 Å². The van der Waals surface area contributed by atoms with Crippen LogP contribution in [0, 0.1) is 6.92 Å². The molecule has 182 valence electrons. The van der Waals surface area contributed by atoms with Crippen molar-refractivity contribution in [2.24, 2.45) is 0 Å². The lowest BCUT2D eigenvalue weighted by atomic mass is 9.98. The first-order valence-electron chi connectivity index (χ1n) is 10.8. The quantitative estimate of drug-likeness (QED) is 0.227. The summed E-state index contributed by atoms with van der Waals surface area (Å²) in [4.78, 5) is 46.2. The van der Waals surface area contributed by atoms with Gasteiger partial charge in [0.2, 0.25) is 5.76 Å². The monoisotopic (exact) mass is 566 g/mol. The van der Waals surface area contributed by atoms with Crippen LogP contribution in [0.25, 0.3) is 11.0 Å². The third-order valence-electron chi connectivity index (χ3n) is 5.75. The third-order valence-corrected chi connectivity index (χ3v) is 7.38. The van der Waals surface area contributed by atoms with Crippen molar-refractivity contribution in [2.75, 3.05) is 18.6 Å². The molecule has 1 aliphatic heterocycles. The van der Waals surface area contributed by atoms with Gasteiger partial charge in [0.05, 0.1) is 29.8 Å². The number of amides is 1. The predicted octanol–water partition coefficient (Wildman–Crippen LogP) is 5.42. The standard InChI is InChI=1S/C26H19BrN2O6S/c1-4-10-34-25(32)23-13(2)28-26(36-23)29-20(14-6-5-7-16(11-14)33-3)19-21(30)17-12-15(27)8-9-18(17)35-22(19)24(29)31/h4-9,11-12,20H,1,10H2,2-3H3. The van der Waals surface area contributed by atoms with Crippen molar-refractivity contribution in [2.45, 2.75) is 13.0 Å². The van der Waals surface area contributed by atoms with Crippen molar-refractivity contribution in [3.63, 3.8) is 0 Å². The zero-order valence-electron chi connectivity index (χ0n) is 19.2. The van der Waals surface area contributed by atoms with E-state index in [1.807, 2.05) is 0 Å². The Balaban J connectivity index is 1.73. The lowest BCUT2D eigenvalue weighted by Crippen LogP contribution is -2.29. The van der Waals surface area contributed by atoms with E-state index in [4.69, 9.17) is 13.9 Å². The third kappa shape index (κ3) is 3.92. The summed E-state index contributed by atoms with van der Waals surface area (Å²) in [7, 11) is 1.54. The maximum absolute atomic E-state index is 13.8. The Morgan fingerprint density at radius 2 is 2.08 bits per heavy atom. The fourth-order valence-corrected chi connectivity index (χ4v) is 5.49. The van der Waals surface area contributed by atoms with Crippen LogP contribution >= 0.6 is 27.3 Å². The normalized spacial score (nSPS) is 14.7. The van der Waals surface area contributed by atoms with Gasteiger partial charge in [0.15, 0.2) is 10.6 Å². The molecule has 2 aromatic carbocycles. The number of halogens is 1. The molecular weight excluding hydrogens is 548 g/mol. The molecule has 1 aliphatic rings. The molecule has 3 heterocycles. The van der Waals surface area contributed by atoms with Crippen LogP contribution in [0.5, 0.6) is 5.75 Å². The number of thiazole rings is 1. The van der Waals surface area contributed by atoms with Gasteiger partial charge in [-0.2, -0.15) is 0 Å². The summed E-state index contributed by atoms with van der Waals surface area (Å²) in [6, 6.07) is 11.3. The summed E-state index contributed by atoms with van der Waals surface area (Å²) in [5.41, 5.74) is 1.21. The van der Waals surface area contributed by atoms with E-state index in [0.29, 0.717) is 32.4 Å². The van der Waals surface area contributed by atoms with Crippen molar-refractivity contribution in [1.82, 2.24) is 4.98 Å². The molecule has 0 saturated heterocycles. The number of carbonyl (C=O) groups is 2. The number of hydrogen-bond donors (Lipinski definition) is 0. The van der Waals surface area contributed by atoms with E-state index in [9.17, 15) is 14.4 Å². The molecular formula is C26H19BrN2O6S. The minimum Gasteiger partial charge on any atom is -0.497 e. The number of esters is 1. The second kappa shape index (κ2) is 9.36. The van der Waals surface area contributed by atoms with E-state index in [-0.39, 0.29) is 33.4 Å². The second-order valence-corrected chi connectivity index (χ2v) is 9.86. The highest BCUT2D eigenvalue weighted by atomic mass is 79.9. The highest BCUT2D eigenvalue weighted by molar-refractivity contribution is 9.10. The number of carbonyl (C=O) groups excluding carboxylic acids is 2. The van der Waals surface area contributed by atoms with E-state index < -0.39 is 17.9 Å². The van der Waals surface area contributed by atoms with E-state index >= 15 is 0 Å². The van der Waals surface area contributed by atoms with E-state index in [1.165, 1.54) is 18.1 Å². The molecule has 0 aliphatic carbocycles. The van der Waals surface area contributed by atoms with Crippen molar-refractivity contribution in [1.29, 1.82) is 0 Å². The van der Waals surface area contributed by atoms with Gasteiger partial charge in [-0.25, -0.2) is 9.78 Å². The number of rotatable bonds is 6. The maximum atomic E-state index is 13.8. The van der Waals surface area contributed by atoms with Gasteiger partial charge >= 0.3 is 5.97 Å². The lowest BCUT2D eigenvalue weighted by Gasteiger charge is -2.22. The van der Waals surface area contributed by atoms with Crippen molar-refractivity contribution in [3.8, 4) is 5.75 Å². The van der Waals surface area contributed by atoms with Gasteiger partial charge in [-0.05, 0) is 42.8 Å². The number of benzene rings is 2. The number of aryl methyl sites for hydroxylation is 1. The van der Waals surface area contributed by atoms with E-state index in [1.54, 1.807) is 49.4 Å². The number of methoxy groups -OCH3 is 1. The van der Waals surface area contributed by atoms with Gasteiger partial charge in [-0.1, -0.05) is 52.1 Å². The number of fused-ring (bicyclic) bond motifs is 2. The molecule has 0 N–H and O–H groups in total. The van der Waals surface area contributed by atoms with Crippen LogP contribution < -0.4 is 15.1 Å². The zero-order chi connectivity index (χ0) is 25.6. The molecule has 5 rings (SSSR count). The fourth-order valence-electron chi connectivity index (χ4n) is 4.14. The lowest BCUT2D eigenvalue weighted by molar-refractivity contribution is 0.0554. The van der Waals surface area contributed by atoms with Crippen molar-refractivity contribution < 1.29 is 23.5 Å². The summed E-state index contributed by atoms with van der Waals surface area (Å²) < 4.78 is 17.2. The van der Waals surface area contributed by atoms with Gasteiger partial charge in [-0.3, -0.25) is 14.5 Å². The zero-order valence-corrected chi connectivity index (χ0v) is 21.6. The summed E-state index contributed by atoms with van der Waals surface area (Å²) in [6.45, 7) is 5.26. The molecule has 0 radical (unpaired) electrons. The molecule has 1 amide bonds. The van der Waals surface area contributed by atoms with Crippen LogP contribution in [0.4, 0.5) is 5.13 Å². The Kier molecular flexibility index (Phi) is 6.23. The van der Waals surface area contributed by atoms with Crippen LogP contribution in [0.2, 0.25) is 0 Å². The van der Waals surface area contributed by atoms with Gasteiger partial charge in [-0.15, -0.1) is 0 Å². The van der Waals surface area contributed by atoms with Crippen molar-refractivity contribution in [3.05, 3.63) is 97.3 Å². The molecule has 8 nitrogen and oxygen atoms in total. The van der Waals surface area contributed by atoms with Gasteiger partial charge in [0, 0.05) is 4.47 Å². The first-order valence-corrected chi connectivity index (χ1v) is 12.4. The number of hydrogen-bond acceptors (Lipinski definition) is 8. The van der Waals surface area contributed by atoms with Crippen LogP contribution in [-0.2, 0) is 4.74 Å². The largest absolute Gasteiger partial charge is 0.497 e. The molecule has 10 heteroatoms. The maximum Gasteiger partial charge on any atom is 0.350 e. The molecule has 0 bridgehead atoms. The van der Waals surface area contributed by atoms with E-state index in [2.05, 4.69) is 27.5 Å². The Morgan fingerprint density at radius 1 is 1.28 bits per heavy atom. The number of anilines is 1. The number of nitrogens with zero attached hydrogens (tertiary/aromatic N) is 2. The Hall–Kier alpha value is -3.76. The average Bonchev–Trinajstić information content (AvgIpc) is 3.40. The minimum atomic E-state index is -0.843. The number of aromatic nitrogens is 1. The van der Waals surface area contributed by atoms with Gasteiger partial charge < -0.3 is 13.9 Å². The predicted molar refractivity (Wildman–Crippen MR) is 139 cm³/mol. The summed E-state index contributed by atoms with van der Waals surface area (Å²) >= 11 is 4.41. The molecule has 4 aromatic rings. The SMILES string of the molecule is C=CCOC(=O)c1sc(N2C(=O)c3oc4ccc(Br)cc4c(=O)c3C2c2cccc(OC)c2)nc1C. The smallest absolute Gasteiger partial charge is 0.350 e. The molecule has 1 unspecified atom stereocenters. The summed E-state index contributed by atoms with van der Waals surface area (Å²) in [5, 5.41) is 0.585. The highest BCUT2D eigenvalue weighted by Crippen LogP contribution is 2.43. The van der Waals surface area contributed by atoms with E-state index in [0.717, 1.165) is 11.3 Å².